The van der Waals surface area contributed by atoms with E-state index in [0.717, 1.165) is 17.7 Å². The van der Waals surface area contributed by atoms with Crippen molar-refractivity contribution in [2.24, 2.45) is 12.5 Å². The molecule has 1 aromatic carbocycles. The smallest absolute Gasteiger partial charge is 0.416 e. The van der Waals surface area contributed by atoms with Crippen LogP contribution in [0.4, 0.5) is 32.3 Å². The normalized spacial score (nSPS) is 22.0. The van der Waals surface area contributed by atoms with E-state index >= 15 is 0 Å². The Bertz CT molecular complexity index is 1530. The molecule has 2 fully saturated rings. The molecule has 0 spiro atoms. The van der Waals surface area contributed by atoms with Gasteiger partial charge in [-0.25, -0.2) is 9.97 Å². The van der Waals surface area contributed by atoms with Crippen LogP contribution in [0.3, 0.4) is 0 Å². The van der Waals surface area contributed by atoms with Gasteiger partial charge in [0.1, 0.15) is 0 Å². The van der Waals surface area contributed by atoms with Gasteiger partial charge in [-0.1, -0.05) is 6.92 Å². The SMILES string of the molecule is CC[C@@H]1C[C@H](N(Cc2cc(C(F)(F)F)cc(C(F)(F)F)c2)c2ncc(-c3cnn(C)c3)cn2)CN1C1OC1OCC(C)(C)C(=O)OC. The highest BCUT2D eigenvalue weighted by molar-refractivity contribution is 5.75. The molecule has 10 nitrogen and oxygen atoms in total. The maximum absolute atomic E-state index is 13.7. The van der Waals surface area contributed by atoms with Crippen LogP contribution in [0.25, 0.3) is 11.1 Å². The monoisotopic (exact) mass is 670 g/mol. The second-order valence-corrected chi connectivity index (χ2v) is 12.4. The van der Waals surface area contributed by atoms with Gasteiger partial charge in [0.25, 0.3) is 0 Å². The maximum atomic E-state index is 13.7. The lowest BCUT2D eigenvalue weighted by Gasteiger charge is -2.30. The number of carbonyl (C=O) groups is 1. The summed E-state index contributed by atoms with van der Waals surface area (Å²) in [5.41, 5.74) is -2.50. The molecule has 0 amide bonds. The molecule has 47 heavy (non-hydrogen) atoms. The van der Waals surface area contributed by atoms with E-state index in [1.54, 1.807) is 55.3 Å². The minimum atomic E-state index is -4.99. The largest absolute Gasteiger partial charge is 0.469 e. The van der Waals surface area contributed by atoms with E-state index in [-0.39, 0.29) is 36.8 Å². The van der Waals surface area contributed by atoms with Crippen molar-refractivity contribution in [3.63, 3.8) is 0 Å². The maximum Gasteiger partial charge on any atom is 0.416 e. The molecule has 4 heterocycles. The molecule has 256 valence electrons. The fraction of sp³-hybridized carbons (Fsp3) is 0.548. The average molecular weight is 671 g/mol. The van der Waals surface area contributed by atoms with Gasteiger partial charge >= 0.3 is 18.3 Å². The van der Waals surface area contributed by atoms with Crippen molar-refractivity contribution in [3.05, 3.63) is 59.7 Å². The molecular formula is C31H36F6N6O4. The van der Waals surface area contributed by atoms with E-state index in [1.165, 1.54) is 7.11 Å². The van der Waals surface area contributed by atoms with Crippen LogP contribution in [0.5, 0.6) is 0 Å². The summed E-state index contributed by atoms with van der Waals surface area (Å²) in [6.45, 7) is 5.44. The number of esters is 1. The summed E-state index contributed by atoms with van der Waals surface area (Å²) in [4.78, 5) is 24.8. The average Bonchev–Trinajstić information content (AvgIpc) is 3.44. The number of rotatable bonds is 11. The number of alkyl halides is 6. The number of benzene rings is 1. The second-order valence-electron chi connectivity index (χ2n) is 12.4. The highest BCUT2D eigenvalue weighted by atomic mass is 19.4. The third kappa shape index (κ3) is 7.87. The Labute approximate surface area is 267 Å². The van der Waals surface area contributed by atoms with Crippen molar-refractivity contribution >= 4 is 11.9 Å². The lowest BCUT2D eigenvalue weighted by atomic mass is 9.95. The predicted molar refractivity (Wildman–Crippen MR) is 156 cm³/mol. The number of methoxy groups -OCH3 is 1. The number of epoxide rings is 1. The quantitative estimate of drug-likeness (QED) is 0.145. The highest BCUT2D eigenvalue weighted by Crippen LogP contribution is 2.40. The number of anilines is 1. The lowest BCUT2D eigenvalue weighted by Crippen LogP contribution is -2.40. The second kappa shape index (κ2) is 13.0. The Morgan fingerprint density at radius 2 is 1.66 bits per heavy atom. The Morgan fingerprint density at radius 1 is 1.02 bits per heavy atom. The van der Waals surface area contributed by atoms with Gasteiger partial charge < -0.3 is 19.1 Å². The summed E-state index contributed by atoms with van der Waals surface area (Å²) in [5, 5.41) is 4.14. The first-order valence-corrected chi connectivity index (χ1v) is 15.0. The van der Waals surface area contributed by atoms with Gasteiger partial charge in [-0.15, -0.1) is 0 Å². The first-order valence-electron chi connectivity index (χ1n) is 15.0. The minimum absolute atomic E-state index is 0.0448. The Hall–Kier alpha value is -3.76. The Balaban J connectivity index is 1.43. The molecule has 0 saturated carbocycles. The van der Waals surface area contributed by atoms with Gasteiger partial charge in [-0.3, -0.25) is 14.4 Å². The molecule has 16 heteroatoms. The molecular weight excluding hydrogens is 634 g/mol. The molecule has 4 atom stereocenters. The van der Waals surface area contributed by atoms with E-state index in [9.17, 15) is 31.1 Å². The molecule has 2 aliphatic rings. The number of hydrogen-bond acceptors (Lipinski definition) is 9. The summed E-state index contributed by atoms with van der Waals surface area (Å²) in [6, 6.07) is 1.13. The topological polar surface area (TPSA) is 98.1 Å². The van der Waals surface area contributed by atoms with Crippen LogP contribution in [0.15, 0.2) is 43.0 Å². The molecule has 0 aliphatic carbocycles. The van der Waals surface area contributed by atoms with Gasteiger partial charge in [0.05, 0.1) is 36.5 Å². The van der Waals surface area contributed by atoms with E-state index in [0.29, 0.717) is 24.9 Å². The van der Waals surface area contributed by atoms with Crippen molar-refractivity contribution in [1.82, 2.24) is 24.6 Å². The summed E-state index contributed by atoms with van der Waals surface area (Å²) >= 11 is 0. The summed E-state index contributed by atoms with van der Waals surface area (Å²) in [6.07, 6.45) is -3.37. The van der Waals surface area contributed by atoms with Crippen LogP contribution in [-0.2, 0) is 45.0 Å². The van der Waals surface area contributed by atoms with Crippen LogP contribution in [0, 0.1) is 5.41 Å². The zero-order chi connectivity index (χ0) is 34.3. The molecule has 0 N–H and O–H groups in total. The summed E-state index contributed by atoms with van der Waals surface area (Å²) in [7, 11) is 3.04. The number of halogens is 6. The molecule has 3 aromatic rings. The number of aromatic nitrogens is 4. The van der Waals surface area contributed by atoms with Crippen LogP contribution >= 0.6 is 0 Å². The molecule has 5 rings (SSSR count). The first-order chi connectivity index (χ1) is 22.0. The first kappa shape index (κ1) is 34.6. The van der Waals surface area contributed by atoms with Gasteiger partial charge in [-0.05, 0) is 50.5 Å². The minimum Gasteiger partial charge on any atom is -0.469 e. The van der Waals surface area contributed by atoms with Crippen molar-refractivity contribution in [2.45, 2.75) is 77.1 Å². The summed E-state index contributed by atoms with van der Waals surface area (Å²) in [5.74, 6) is -0.287. The molecule has 0 radical (unpaired) electrons. The number of nitrogens with zero attached hydrogens (tertiary/aromatic N) is 6. The van der Waals surface area contributed by atoms with Crippen LogP contribution in [0.2, 0.25) is 0 Å². The van der Waals surface area contributed by atoms with E-state index in [2.05, 4.69) is 20.0 Å². The molecule has 2 unspecified atom stereocenters. The predicted octanol–water partition coefficient (Wildman–Crippen LogP) is 5.67. The van der Waals surface area contributed by atoms with E-state index < -0.39 is 53.4 Å². The Morgan fingerprint density at radius 3 is 2.19 bits per heavy atom. The lowest BCUT2D eigenvalue weighted by molar-refractivity contribution is -0.155. The zero-order valence-corrected chi connectivity index (χ0v) is 26.5. The van der Waals surface area contributed by atoms with Gasteiger partial charge in [0.15, 0.2) is 12.5 Å². The van der Waals surface area contributed by atoms with Crippen molar-refractivity contribution < 1.29 is 45.3 Å². The number of aryl methyl sites for hydroxylation is 1. The zero-order valence-electron chi connectivity index (χ0n) is 26.5. The molecule has 0 bridgehead atoms. The van der Waals surface area contributed by atoms with Gasteiger partial charge in [0, 0.05) is 61.9 Å². The van der Waals surface area contributed by atoms with Crippen molar-refractivity contribution in [1.29, 1.82) is 0 Å². The number of likely N-dealkylation sites (tertiary alicyclic amines) is 1. The fourth-order valence-electron chi connectivity index (χ4n) is 5.79. The summed E-state index contributed by atoms with van der Waals surface area (Å²) < 4.78 is 100. The number of ether oxygens (including phenoxy) is 3. The third-order valence-corrected chi connectivity index (χ3v) is 8.38. The fourth-order valence-corrected chi connectivity index (χ4v) is 5.79. The molecule has 2 aromatic heterocycles. The standard InChI is InChI=1S/C31H36F6N6O4/c1-6-23-10-24(16-42(23)25-26(47-25)46-17-29(2,3)27(44)45-5)43(28-38-11-19(12-39-28)20-13-40-41(4)15-20)14-18-7-21(30(32,33)34)9-22(8-18)31(35,36)37/h7-9,11-13,15,23-26H,6,10,14,16-17H2,1-5H3/t23-,24+,25?,26?/m1/s1. The van der Waals surface area contributed by atoms with Crippen LogP contribution < -0.4 is 4.90 Å². The van der Waals surface area contributed by atoms with Crippen molar-refractivity contribution in [2.75, 3.05) is 25.2 Å². The molecule has 2 saturated heterocycles. The van der Waals surface area contributed by atoms with E-state index in [4.69, 9.17) is 14.2 Å². The van der Waals surface area contributed by atoms with Gasteiger partial charge in [-0.2, -0.15) is 31.4 Å². The highest BCUT2D eigenvalue weighted by Gasteiger charge is 2.52. The number of hydrogen-bond donors (Lipinski definition) is 0. The number of carbonyl (C=O) groups excluding carboxylic acids is 1. The molecule has 2 aliphatic heterocycles. The van der Waals surface area contributed by atoms with E-state index in [1.807, 2.05) is 6.92 Å². The Kier molecular flexibility index (Phi) is 9.59. The van der Waals surface area contributed by atoms with Crippen molar-refractivity contribution in [3.8, 4) is 11.1 Å². The van der Waals surface area contributed by atoms with Crippen LogP contribution in [-0.4, -0.2) is 75.5 Å². The van der Waals surface area contributed by atoms with Crippen LogP contribution in [0.1, 0.15) is 50.3 Å². The third-order valence-electron chi connectivity index (χ3n) is 8.38. The van der Waals surface area contributed by atoms with Gasteiger partial charge in [0.2, 0.25) is 5.95 Å².